The Labute approximate surface area is 118 Å². The number of aliphatic hydroxyl groups excluding tert-OH is 1. The summed E-state index contributed by atoms with van der Waals surface area (Å²) in [5, 5.41) is 9.71. The van der Waals surface area contributed by atoms with E-state index in [1.54, 1.807) is 20.8 Å². The van der Waals surface area contributed by atoms with Crippen molar-refractivity contribution in [2.24, 2.45) is 0 Å². The molecule has 0 aliphatic heterocycles. The summed E-state index contributed by atoms with van der Waals surface area (Å²) in [4.78, 5) is 11.5. The van der Waals surface area contributed by atoms with Crippen LogP contribution in [0.3, 0.4) is 0 Å². The molecule has 0 radical (unpaired) electrons. The first-order valence-electron chi connectivity index (χ1n) is 6.54. The Morgan fingerprint density at radius 1 is 1.30 bits per heavy atom. The van der Waals surface area contributed by atoms with E-state index in [1.807, 2.05) is 0 Å². The van der Waals surface area contributed by atoms with E-state index in [9.17, 15) is 14.3 Å². The first-order valence-corrected chi connectivity index (χ1v) is 6.54. The molecule has 0 heterocycles. The Balaban J connectivity index is 2.25. The van der Waals surface area contributed by atoms with Gasteiger partial charge in [0, 0.05) is 6.42 Å². The molecule has 1 atom stereocenters. The van der Waals surface area contributed by atoms with Crippen molar-refractivity contribution in [1.29, 1.82) is 0 Å². The number of ether oxygens (including phenoxy) is 2. The number of rotatable bonds is 6. The lowest BCUT2D eigenvalue weighted by Gasteiger charge is -2.20. The van der Waals surface area contributed by atoms with Gasteiger partial charge in [0.25, 0.3) is 0 Å². The van der Waals surface area contributed by atoms with Gasteiger partial charge in [-0.1, -0.05) is 0 Å². The minimum Gasteiger partial charge on any atom is -0.491 e. The van der Waals surface area contributed by atoms with Crippen molar-refractivity contribution in [3.63, 3.8) is 0 Å². The Morgan fingerprint density at radius 2 is 1.90 bits per heavy atom. The third-order valence-corrected chi connectivity index (χ3v) is 2.36. The van der Waals surface area contributed by atoms with E-state index in [1.165, 1.54) is 24.3 Å². The van der Waals surface area contributed by atoms with Crippen LogP contribution in [-0.4, -0.2) is 29.4 Å². The molecule has 0 amide bonds. The van der Waals surface area contributed by atoms with E-state index >= 15 is 0 Å². The van der Waals surface area contributed by atoms with Crippen molar-refractivity contribution in [3.05, 3.63) is 30.1 Å². The first-order chi connectivity index (χ1) is 9.26. The number of esters is 1. The van der Waals surface area contributed by atoms with Crippen LogP contribution in [0.2, 0.25) is 0 Å². The van der Waals surface area contributed by atoms with E-state index in [4.69, 9.17) is 9.47 Å². The molecule has 1 unspecified atom stereocenters. The Morgan fingerprint density at radius 3 is 2.45 bits per heavy atom. The highest BCUT2D eigenvalue weighted by Crippen LogP contribution is 2.13. The summed E-state index contributed by atoms with van der Waals surface area (Å²) in [6.07, 6.45) is -0.381. The smallest absolute Gasteiger partial charge is 0.306 e. The topological polar surface area (TPSA) is 55.8 Å². The number of carbonyl (C=O) groups excluding carboxylic acids is 1. The lowest BCUT2D eigenvalue weighted by Crippen LogP contribution is -2.25. The van der Waals surface area contributed by atoms with Gasteiger partial charge >= 0.3 is 5.97 Å². The zero-order valence-electron chi connectivity index (χ0n) is 12.1. The number of halogens is 1. The van der Waals surface area contributed by atoms with Crippen molar-refractivity contribution in [3.8, 4) is 5.75 Å². The minimum atomic E-state index is -0.771. The van der Waals surface area contributed by atoms with E-state index < -0.39 is 11.7 Å². The number of benzene rings is 1. The molecule has 4 nitrogen and oxygen atoms in total. The number of carbonyl (C=O) groups is 1. The zero-order chi connectivity index (χ0) is 15.2. The molecule has 112 valence electrons. The molecular weight excluding hydrogens is 263 g/mol. The summed E-state index contributed by atoms with van der Waals surface area (Å²) in [6.45, 7) is 5.42. The molecule has 5 heteroatoms. The highest BCUT2D eigenvalue weighted by Gasteiger charge is 2.17. The number of hydrogen-bond acceptors (Lipinski definition) is 4. The molecule has 0 fully saturated rings. The molecule has 1 rings (SSSR count). The average Bonchev–Trinajstić information content (AvgIpc) is 2.33. The van der Waals surface area contributed by atoms with Crippen LogP contribution in [0, 0.1) is 5.82 Å². The Bertz CT molecular complexity index is 422. The maximum Gasteiger partial charge on any atom is 0.306 e. The van der Waals surface area contributed by atoms with Crippen LogP contribution in [0.5, 0.6) is 5.75 Å². The van der Waals surface area contributed by atoms with Crippen LogP contribution in [0.1, 0.15) is 33.6 Å². The largest absolute Gasteiger partial charge is 0.491 e. The SMILES string of the molecule is CC(C)(C)OC(=O)CCC(O)COc1ccc(F)cc1. The fraction of sp³-hybridized carbons (Fsp3) is 0.533. The van der Waals surface area contributed by atoms with Gasteiger partial charge in [0.15, 0.2) is 0 Å². The van der Waals surface area contributed by atoms with Gasteiger partial charge in [-0.2, -0.15) is 0 Å². The van der Waals surface area contributed by atoms with Crippen molar-refractivity contribution in [2.45, 2.75) is 45.3 Å². The maximum absolute atomic E-state index is 12.7. The van der Waals surface area contributed by atoms with E-state index in [2.05, 4.69) is 0 Å². The van der Waals surface area contributed by atoms with Gasteiger partial charge in [0.2, 0.25) is 0 Å². The summed E-state index contributed by atoms with van der Waals surface area (Å²) in [5.41, 5.74) is -0.521. The fourth-order valence-electron chi connectivity index (χ4n) is 1.48. The molecule has 0 aliphatic rings. The summed E-state index contributed by atoms with van der Waals surface area (Å²) < 4.78 is 23.1. The van der Waals surface area contributed by atoms with Gasteiger partial charge in [-0.3, -0.25) is 4.79 Å². The fourth-order valence-corrected chi connectivity index (χ4v) is 1.48. The first kappa shape index (κ1) is 16.4. The van der Waals surface area contributed by atoms with Gasteiger partial charge in [0.1, 0.15) is 23.8 Å². The monoisotopic (exact) mass is 284 g/mol. The molecule has 20 heavy (non-hydrogen) atoms. The molecule has 0 saturated carbocycles. The van der Waals surface area contributed by atoms with Crippen LogP contribution in [0.4, 0.5) is 4.39 Å². The molecule has 0 spiro atoms. The molecule has 0 bridgehead atoms. The van der Waals surface area contributed by atoms with Crippen LogP contribution >= 0.6 is 0 Å². The number of hydrogen-bond donors (Lipinski definition) is 1. The molecule has 1 aromatic carbocycles. The van der Waals surface area contributed by atoms with Crippen molar-refractivity contribution in [2.75, 3.05) is 6.61 Å². The lowest BCUT2D eigenvalue weighted by atomic mass is 10.1. The summed E-state index contributed by atoms with van der Waals surface area (Å²) in [7, 11) is 0. The second-order valence-electron chi connectivity index (χ2n) is 5.54. The predicted molar refractivity (Wildman–Crippen MR) is 73.0 cm³/mol. The Hall–Kier alpha value is -1.62. The highest BCUT2D eigenvalue weighted by atomic mass is 19.1. The van der Waals surface area contributed by atoms with Crippen molar-refractivity contribution in [1.82, 2.24) is 0 Å². The van der Waals surface area contributed by atoms with Gasteiger partial charge in [-0.15, -0.1) is 0 Å². The third-order valence-electron chi connectivity index (χ3n) is 2.36. The summed E-state index contributed by atoms with van der Waals surface area (Å²) >= 11 is 0. The quantitative estimate of drug-likeness (QED) is 0.816. The van der Waals surface area contributed by atoms with E-state index in [0.717, 1.165) is 0 Å². The van der Waals surface area contributed by atoms with Crippen LogP contribution < -0.4 is 4.74 Å². The number of aliphatic hydroxyl groups is 1. The lowest BCUT2D eigenvalue weighted by molar-refractivity contribution is -0.155. The summed E-state index contributed by atoms with van der Waals surface area (Å²) in [5.74, 6) is -0.219. The van der Waals surface area contributed by atoms with E-state index in [-0.39, 0.29) is 31.2 Å². The van der Waals surface area contributed by atoms with Gasteiger partial charge < -0.3 is 14.6 Å². The van der Waals surface area contributed by atoms with Crippen LogP contribution in [0.25, 0.3) is 0 Å². The van der Waals surface area contributed by atoms with Crippen LogP contribution in [-0.2, 0) is 9.53 Å². The molecule has 1 aromatic rings. The minimum absolute atomic E-state index is 0.0500. The molecule has 0 saturated heterocycles. The third kappa shape index (κ3) is 7.09. The van der Waals surface area contributed by atoms with Crippen LogP contribution in [0.15, 0.2) is 24.3 Å². The normalized spacial score (nSPS) is 12.8. The van der Waals surface area contributed by atoms with Crippen molar-refractivity contribution < 1.29 is 23.8 Å². The zero-order valence-corrected chi connectivity index (χ0v) is 12.1. The van der Waals surface area contributed by atoms with Gasteiger partial charge in [-0.25, -0.2) is 4.39 Å². The van der Waals surface area contributed by atoms with Gasteiger partial charge in [-0.05, 0) is 51.5 Å². The second-order valence-corrected chi connectivity index (χ2v) is 5.54. The summed E-state index contributed by atoms with van der Waals surface area (Å²) in [6, 6.07) is 5.52. The maximum atomic E-state index is 12.7. The van der Waals surface area contributed by atoms with Crippen molar-refractivity contribution >= 4 is 5.97 Å². The molecule has 0 aliphatic carbocycles. The molecule has 1 N–H and O–H groups in total. The second kappa shape index (κ2) is 7.24. The standard InChI is InChI=1S/C15H21FO4/c1-15(2,3)20-14(18)9-6-12(17)10-19-13-7-4-11(16)5-8-13/h4-5,7-8,12,17H,6,9-10H2,1-3H3. The Kier molecular flexibility index (Phi) is 5.95. The predicted octanol–water partition coefficient (Wildman–Crippen LogP) is 2.69. The molecular formula is C15H21FO4. The highest BCUT2D eigenvalue weighted by molar-refractivity contribution is 5.69. The van der Waals surface area contributed by atoms with Gasteiger partial charge in [0.05, 0.1) is 6.10 Å². The molecule has 0 aromatic heterocycles. The average molecular weight is 284 g/mol. The van der Waals surface area contributed by atoms with E-state index in [0.29, 0.717) is 5.75 Å².